The van der Waals surface area contributed by atoms with Crippen molar-refractivity contribution >= 4 is 22.5 Å². The first-order chi connectivity index (χ1) is 8.11. The average Bonchev–Trinajstić information content (AvgIpc) is 2.56. The molecule has 0 fully saturated rings. The number of hydrogen-bond acceptors (Lipinski definition) is 1. The molecule has 2 rings (SSSR count). The first-order valence-corrected chi connectivity index (χ1v) is 6.14. The van der Waals surface area contributed by atoms with Gasteiger partial charge in [0.2, 0.25) is 0 Å². The van der Waals surface area contributed by atoms with Gasteiger partial charge in [-0.15, -0.1) is 0 Å². The summed E-state index contributed by atoms with van der Waals surface area (Å²) in [5.74, 6) is 0.569. The second-order valence-electron chi connectivity index (χ2n) is 4.70. The van der Waals surface area contributed by atoms with Crippen LogP contribution in [0.5, 0.6) is 0 Å². The fourth-order valence-corrected chi connectivity index (χ4v) is 2.28. The van der Waals surface area contributed by atoms with Crippen molar-refractivity contribution in [1.82, 2.24) is 4.57 Å². The lowest BCUT2D eigenvalue weighted by Crippen LogP contribution is -2.02. The summed E-state index contributed by atoms with van der Waals surface area (Å²) in [6.07, 6.45) is 2.52. The topological polar surface area (TPSA) is 28.7 Å². The third kappa shape index (κ3) is 2.45. The summed E-state index contributed by atoms with van der Waals surface area (Å²) in [6.45, 7) is 5.31. The van der Waals surface area contributed by atoms with Crippen LogP contribution in [0.4, 0.5) is 0 Å². The number of nitriles is 1. The minimum absolute atomic E-state index is 0.448. The van der Waals surface area contributed by atoms with Crippen molar-refractivity contribution in [2.24, 2.45) is 5.92 Å². The average molecular weight is 247 g/mol. The number of rotatable bonds is 3. The van der Waals surface area contributed by atoms with E-state index in [0.29, 0.717) is 12.3 Å². The first-order valence-electron chi connectivity index (χ1n) is 5.76. The molecule has 0 spiro atoms. The molecule has 17 heavy (non-hydrogen) atoms. The van der Waals surface area contributed by atoms with Crippen molar-refractivity contribution in [3.63, 3.8) is 0 Å². The maximum Gasteiger partial charge on any atom is 0.0670 e. The summed E-state index contributed by atoms with van der Waals surface area (Å²) in [6, 6.07) is 8.06. The largest absolute Gasteiger partial charge is 0.347 e. The molecule has 1 aromatic heterocycles. The fraction of sp³-hybridized carbons (Fsp3) is 0.357. The van der Waals surface area contributed by atoms with Crippen molar-refractivity contribution in [2.75, 3.05) is 0 Å². The second kappa shape index (κ2) is 4.81. The summed E-state index contributed by atoms with van der Waals surface area (Å²) in [5.41, 5.74) is 2.20. The van der Waals surface area contributed by atoms with Gasteiger partial charge in [-0.05, 0) is 23.6 Å². The summed E-state index contributed by atoms with van der Waals surface area (Å²) >= 11 is 6.04. The lowest BCUT2D eigenvalue weighted by Gasteiger charge is -2.08. The van der Waals surface area contributed by atoms with Gasteiger partial charge in [0, 0.05) is 28.7 Å². The highest BCUT2D eigenvalue weighted by molar-refractivity contribution is 6.31. The molecule has 1 aromatic carbocycles. The molecule has 0 atom stereocenters. The van der Waals surface area contributed by atoms with Gasteiger partial charge in [-0.25, -0.2) is 0 Å². The zero-order valence-corrected chi connectivity index (χ0v) is 10.8. The van der Waals surface area contributed by atoms with Gasteiger partial charge < -0.3 is 4.57 Å². The number of nitrogens with zero attached hydrogens (tertiary/aromatic N) is 2. The van der Waals surface area contributed by atoms with Crippen LogP contribution in [0, 0.1) is 17.2 Å². The van der Waals surface area contributed by atoms with Crippen LogP contribution in [-0.4, -0.2) is 4.57 Å². The Labute approximate surface area is 106 Å². The Morgan fingerprint density at radius 1 is 1.41 bits per heavy atom. The van der Waals surface area contributed by atoms with Gasteiger partial charge in [0.1, 0.15) is 0 Å². The third-order valence-corrected chi connectivity index (χ3v) is 2.99. The molecule has 0 amide bonds. The molecular weight excluding hydrogens is 232 g/mol. The van der Waals surface area contributed by atoms with E-state index in [4.69, 9.17) is 16.9 Å². The quantitative estimate of drug-likeness (QED) is 0.804. The molecule has 0 aliphatic rings. The van der Waals surface area contributed by atoms with Crippen molar-refractivity contribution in [1.29, 1.82) is 5.26 Å². The Morgan fingerprint density at radius 3 is 2.82 bits per heavy atom. The maximum absolute atomic E-state index is 8.84. The Kier molecular flexibility index (Phi) is 3.40. The molecule has 0 N–H and O–H groups in total. The summed E-state index contributed by atoms with van der Waals surface area (Å²) in [4.78, 5) is 0. The highest BCUT2D eigenvalue weighted by Gasteiger charge is 2.09. The molecule has 88 valence electrons. The van der Waals surface area contributed by atoms with Gasteiger partial charge in [-0.2, -0.15) is 5.26 Å². The maximum atomic E-state index is 8.84. The molecule has 0 unspecified atom stereocenters. The lowest BCUT2D eigenvalue weighted by atomic mass is 10.1. The molecule has 2 nitrogen and oxygen atoms in total. The zero-order valence-electron chi connectivity index (χ0n) is 10.1. The van der Waals surface area contributed by atoms with Gasteiger partial charge in [0.05, 0.1) is 12.5 Å². The van der Waals surface area contributed by atoms with E-state index in [2.05, 4.69) is 30.7 Å². The van der Waals surface area contributed by atoms with Crippen LogP contribution in [0.25, 0.3) is 10.9 Å². The number of aromatic nitrogens is 1. The van der Waals surface area contributed by atoms with Crippen molar-refractivity contribution in [2.45, 2.75) is 26.8 Å². The smallest absolute Gasteiger partial charge is 0.0670 e. The van der Waals surface area contributed by atoms with Crippen molar-refractivity contribution < 1.29 is 0 Å². The zero-order chi connectivity index (χ0) is 12.4. The summed E-state index contributed by atoms with van der Waals surface area (Å²) in [7, 11) is 0. The molecule has 0 saturated heterocycles. The Hall–Kier alpha value is -1.46. The van der Waals surface area contributed by atoms with Gasteiger partial charge in [0.25, 0.3) is 0 Å². The van der Waals surface area contributed by atoms with Crippen LogP contribution in [0.3, 0.4) is 0 Å². The minimum atomic E-state index is 0.448. The Balaban J connectivity index is 2.59. The summed E-state index contributed by atoms with van der Waals surface area (Å²) in [5, 5.41) is 10.7. The van der Waals surface area contributed by atoms with E-state index in [9.17, 15) is 0 Å². The number of benzene rings is 1. The van der Waals surface area contributed by atoms with E-state index in [1.54, 1.807) is 0 Å². The van der Waals surface area contributed by atoms with Gasteiger partial charge in [-0.1, -0.05) is 31.5 Å². The van der Waals surface area contributed by atoms with E-state index >= 15 is 0 Å². The second-order valence-corrected chi connectivity index (χ2v) is 5.13. The minimum Gasteiger partial charge on any atom is -0.347 e. The van der Waals surface area contributed by atoms with Crippen LogP contribution in [-0.2, 0) is 13.0 Å². The predicted molar refractivity (Wildman–Crippen MR) is 71.1 cm³/mol. The van der Waals surface area contributed by atoms with Crippen molar-refractivity contribution in [3.8, 4) is 6.07 Å². The van der Waals surface area contributed by atoms with Gasteiger partial charge >= 0.3 is 0 Å². The van der Waals surface area contributed by atoms with Crippen LogP contribution in [0.2, 0.25) is 5.02 Å². The van der Waals surface area contributed by atoms with Crippen LogP contribution >= 0.6 is 11.6 Å². The number of hydrogen-bond donors (Lipinski definition) is 0. The van der Waals surface area contributed by atoms with Crippen LogP contribution < -0.4 is 0 Å². The monoisotopic (exact) mass is 246 g/mol. The SMILES string of the molecule is CC(C)Cn1cc(CC#N)c2ccc(Cl)cc21. The third-order valence-electron chi connectivity index (χ3n) is 2.76. The van der Waals surface area contributed by atoms with E-state index < -0.39 is 0 Å². The molecule has 0 aliphatic heterocycles. The molecular formula is C14H15ClN2. The van der Waals surface area contributed by atoms with Crippen molar-refractivity contribution in [3.05, 3.63) is 35.0 Å². The van der Waals surface area contributed by atoms with E-state index in [1.165, 1.54) is 0 Å². The molecule has 3 heteroatoms. The van der Waals surface area contributed by atoms with Crippen LogP contribution in [0.1, 0.15) is 19.4 Å². The Morgan fingerprint density at radius 2 is 2.18 bits per heavy atom. The van der Waals surface area contributed by atoms with Gasteiger partial charge in [-0.3, -0.25) is 0 Å². The highest BCUT2D eigenvalue weighted by atomic mass is 35.5. The molecule has 0 bridgehead atoms. The fourth-order valence-electron chi connectivity index (χ4n) is 2.11. The Bertz CT molecular complexity index is 576. The lowest BCUT2D eigenvalue weighted by molar-refractivity contribution is 0.535. The van der Waals surface area contributed by atoms with E-state index in [-0.39, 0.29) is 0 Å². The summed E-state index contributed by atoms with van der Waals surface area (Å²) < 4.78 is 2.19. The van der Waals surface area contributed by atoms with Crippen LogP contribution in [0.15, 0.2) is 24.4 Å². The van der Waals surface area contributed by atoms with E-state index in [0.717, 1.165) is 28.0 Å². The molecule has 1 heterocycles. The molecule has 0 radical (unpaired) electrons. The molecule has 0 aliphatic carbocycles. The van der Waals surface area contributed by atoms with Gasteiger partial charge in [0.15, 0.2) is 0 Å². The number of fused-ring (bicyclic) bond motifs is 1. The normalized spacial score (nSPS) is 11.0. The number of halogens is 1. The highest BCUT2D eigenvalue weighted by Crippen LogP contribution is 2.25. The standard InChI is InChI=1S/C14H15ClN2/c1-10(2)8-17-9-11(5-6-16)13-4-3-12(15)7-14(13)17/h3-4,7,9-10H,5,8H2,1-2H3. The predicted octanol–water partition coefficient (Wildman–Crippen LogP) is 4.02. The molecule has 0 saturated carbocycles. The van der Waals surface area contributed by atoms with E-state index in [1.807, 2.05) is 18.2 Å². The first kappa shape index (κ1) is 12.0. The molecule has 2 aromatic rings.